The second-order valence-corrected chi connectivity index (χ2v) is 16.9. The van der Waals surface area contributed by atoms with Crippen molar-refractivity contribution in [2.75, 3.05) is 65.7 Å². The predicted octanol–water partition coefficient (Wildman–Crippen LogP) is 0.183. The van der Waals surface area contributed by atoms with E-state index < -0.39 is 85.7 Å². The summed E-state index contributed by atoms with van der Waals surface area (Å²) in [6.07, 6.45) is 17.1. The molecule has 6 amide bonds. The van der Waals surface area contributed by atoms with Crippen LogP contribution >= 0.6 is 0 Å². The molecule has 11 N–H and O–H groups in total. The van der Waals surface area contributed by atoms with Crippen molar-refractivity contribution in [3.63, 3.8) is 0 Å². The van der Waals surface area contributed by atoms with Gasteiger partial charge in [-0.1, -0.05) is 82.8 Å². The summed E-state index contributed by atoms with van der Waals surface area (Å²) in [5, 5.41) is 53.7. The third kappa shape index (κ3) is 35.0. The molecule has 0 aliphatic carbocycles. The third-order valence-corrected chi connectivity index (χ3v) is 10.7. The number of aromatic nitrogens is 4. The maximum atomic E-state index is 13.3. The number of carboxylic acids is 3. The Labute approximate surface area is 403 Å². The van der Waals surface area contributed by atoms with Crippen molar-refractivity contribution in [2.45, 2.75) is 147 Å². The molecule has 392 valence electrons. The maximum Gasteiger partial charge on any atom is 0.317 e. The minimum Gasteiger partial charge on any atom is -0.481 e. The molecule has 1 heterocycles. The third-order valence-electron chi connectivity index (χ3n) is 10.7. The molecule has 1 aromatic rings. The molecule has 0 aliphatic rings. The van der Waals surface area contributed by atoms with E-state index in [4.69, 9.17) is 30.5 Å². The summed E-state index contributed by atoms with van der Waals surface area (Å²) in [6, 6.07) is -2.72. The first-order valence-corrected chi connectivity index (χ1v) is 24.0. The van der Waals surface area contributed by atoms with Gasteiger partial charge in [0, 0.05) is 44.8 Å². The summed E-state index contributed by atoms with van der Waals surface area (Å²) in [6.45, 7) is -0.281. The first kappa shape index (κ1) is 61.2. The molecule has 0 radical (unpaired) electrons. The minimum atomic E-state index is -1.50. The Bertz CT molecular complexity index is 1660. The predicted molar refractivity (Wildman–Crippen MR) is 248 cm³/mol. The normalized spacial score (nSPS) is 12.4. The van der Waals surface area contributed by atoms with Gasteiger partial charge < -0.3 is 57.1 Å². The van der Waals surface area contributed by atoms with Crippen LogP contribution in [0.5, 0.6) is 0 Å². The van der Waals surface area contributed by atoms with Crippen LogP contribution in [0.4, 0.5) is 0 Å². The van der Waals surface area contributed by atoms with Gasteiger partial charge in [-0.2, -0.15) is 5.21 Å². The van der Waals surface area contributed by atoms with E-state index in [1.165, 1.54) is 64.7 Å². The van der Waals surface area contributed by atoms with E-state index >= 15 is 0 Å². The quantitative estimate of drug-likeness (QED) is 0.0390. The standard InChI is InChI=1S/C44H77N11O14/c1-32(20-21-39(59)60)43(66)50-34(27-48-37(57)28-55(29-40(61)62)30-41(63)64)44(67)49-33(42(45)65)17-15-16-22-46-38(58)31-69-26-25-68-24-23-47-36(56)19-14-12-10-8-6-4-2-3-5-7-9-11-13-18-35-51-53-54-52-35/h32-34H,2-31H2,1H3,(H2,45,65)(H,46,58)(H,47,56)(H,48,57)(H,49,67)(H,50,66)(H,59,60)(H,61,62)(H,63,64)(H,51,52,53,54)/t32-,33-,34-/m0/s1. The first-order valence-electron chi connectivity index (χ1n) is 24.0. The number of carbonyl (C=O) groups excluding carboxylic acids is 6. The summed E-state index contributed by atoms with van der Waals surface area (Å²) < 4.78 is 10.8. The highest BCUT2D eigenvalue weighted by atomic mass is 16.5. The maximum absolute atomic E-state index is 13.3. The molecule has 25 heteroatoms. The van der Waals surface area contributed by atoms with Gasteiger partial charge in [0.05, 0.1) is 39.5 Å². The Morgan fingerprint density at radius 2 is 1.17 bits per heavy atom. The number of aromatic amines is 1. The number of primary amides is 1. The number of aliphatic carboxylic acids is 3. The second kappa shape index (κ2) is 39.1. The molecule has 69 heavy (non-hydrogen) atoms. The fourth-order valence-corrected chi connectivity index (χ4v) is 6.87. The Morgan fingerprint density at radius 1 is 0.594 bits per heavy atom. The summed E-state index contributed by atoms with van der Waals surface area (Å²) in [5.41, 5.74) is 5.52. The van der Waals surface area contributed by atoms with Gasteiger partial charge >= 0.3 is 17.9 Å². The number of aryl methyl sites for hydroxylation is 1. The fourth-order valence-electron chi connectivity index (χ4n) is 6.87. The molecular formula is C44H77N11O14. The lowest BCUT2D eigenvalue weighted by Crippen LogP contribution is -2.57. The van der Waals surface area contributed by atoms with Gasteiger partial charge in [-0.3, -0.25) is 48.1 Å². The van der Waals surface area contributed by atoms with Gasteiger partial charge in [-0.25, -0.2) is 0 Å². The number of carboxylic acid groups (broad SMARTS) is 3. The fraction of sp³-hybridized carbons (Fsp3) is 0.773. The number of amides is 6. The van der Waals surface area contributed by atoms with E-state index in [1.54, 1.807) is 0 Å². The number of H-pyrrole nitrogens is 1. The molecule has 1 rings (SSSR count). The second-order valence-electron chi connectivity index (χ2n) is 16.9. The zero-order valence-electron chi connectivity index (χ0n) is 40.1. The van der Waals surface area contributed by atoms with Gasteiger partial charge in [0.15, 0.2) is 5.82 Å². The number of hydrogen-bond donors (Lipinski definition) is 10. The zero-order chi connectivity index (χ0) is 51.1. The van der Waals surface area contributed by atoms with Crippen LogP contribution < -0.4 is 32.3 Å². The topological polar surface area (TPSA) is 377 Å². The Kier molecular flexibility index (Phi) is 34.7. The number of nitrogens with one attached hydrogen (secondary N) is 6. The molecular weight excluding hydrogens is 907 g/mol. The average molecular weight is 984 g/mol. The van der Waals surface area contributed by atoms with Gasteiger partial charge in [0.25, 0.3) is 0 Å². The van der Waals surface area contributed by atoms with Crippen LogP contribution in [0.1, 0.15) is 135 Å². The first-order chi connectivity index (χ1) is 33.1. The number of ether oxygens (including phenoxy) is 2. The molecule has 3 atom stereocenters. The number of nitrogens with two attached hydrogens (primary N) is 1. The van der Waals surface area contributed by atoms with Crippen LogP contribution in [-0.2, 0) is 59.0 Å². The van der Waals surface area contributed by atoms with Crippen molar-refractivity contribution < 1.29 is 67.9 Å². The lowest BCUT2D eigenvalue weighted by Gasteiger charge is -2.24. The van der Waals surface area contributed by atoms with Gasteiger partial charge in [-0.15, -0.1) is 10.2 Å². The summed E-state index contributed by atoms with van der Waals surface area (Å²) in [5.74, 6) is -7.82. The average Bonchev–Trinajstić information content (AvgIpc) is 3.81. The van der Waals surface area contributed by atoms with Crippen molar-refractivity contribution in [3.8, 4) is 0 Å². The van der Waals surface area contributed by atoms with Crippen molar-refractivity contribution in [1.82, 2.24) is 52.1 Å². The van der Waals surface area contributed by atoms with Gasteiger partial charge in [0.2, 0.25) is 35.4 Å². The number of hydrogen-bond acceptors (Lipinski definition) is 15. The SMILES string of the molecule is C[C@@H](CCC(=O)O)C(=O)N[C@@H](CNC(=O)CN(CC(=O)O)CC(=O)O)C(=O)N[C@@H](CCCCNC(=O)COCCOCCNC(=O)CCCCCCCCCCCCCCCc1nn[nH]n1)C(N)=O. The lowest BCUT2D eigenvalue weighted by atomic mass is 10.0. The lowest BCUT2D eigenvalue weighted by molar-refractivity contribution is -0.143. The molecule has 0 bridgehead atoms. The van der Waals surface area contributed by atoms with Crippen LogP contribution in [0.25, 0.3) is 0 Å². The molecule has 1 aromatic heterocycles. The Morgan fingerprint density at radius 3 is 1.75 bits per heavy atom. The van der Waals surface area contributed by atoms with E-state index in [0.29, 0.717) is 32.4 Å². The van der Waals surface area contributed by atoms with Crippen LogP contribution in [0, 0.1) is 5.92 Å². The highest BCUT2D eigenvalue weighted by Crippen LogP contribution is 2.14. The highest BCUT2D eigenvalue weighted by Gasteiger charge is 2.28. The van der Waals surface area contributed by atoms with Crippen molar-refractivity contribution in [1.29, 1.82) is 0 Å². The van der Waals surface area contributed by atoms with E-state index in [9.17, 15) is 43.2 Å². The minimum absolute atomic E-state index is 0.00567. The van der Waals surface area contributed by atoms with Crippen LogP contribution in [0.15, 0.2) is 0 Å². The molecule has 0 aromatic carbocycles. The number of tetrazole rings is 1. The Hall–Kier alpha value is -5.82. The number of nitrogens with zero attached hydrogens (tertiary/aromatic N) is 4. The molecule has 0 unspecified atom stereocenters. The summed E-state index contributed by atoms with van der Waals surface area (Å²) >= 11 is 0. The highest BCUT2D eigenvalue weighted by molar-refractivity contribution is 5.92. The monoisotopic (exact) mass is 984 g/mol. The van der Waals surface area contributed by atoms with E-state index in [1.807, 2.05) is 0 Å². The van der Waals surface area contributed by atoms with Crippen LogP contribution in [0.3, 0.4) is 0 Å². The molecule has 0 saturated heterocycles. The van der Waals surface area contributed by atoms with Crippen molar-refractivity contribution >= 4 is 53.4 Å². The van der Waals surface area contributed by atoms with E-state index in [2.05, 4.69) is 47.2 Å². The molecule has 25 nitrogen and oxygen atoms in total. The van der Waals surface area contributed by atoms with Crippen molar-refractivity contribution in [3.05, 3.63) is 5.82 Å². The summed E-state index contributed by atoms with van der Waals surface area (Å²) in [4.78, 5) is 109. The molecule has 0 fully saturated rings. The number of unbranched alkanes of at least 4 members (excludes halogenated alkanes) is 13. The molecule has 0 spiro atoms. The Balaban J connectivity index is 2.21. The summed E-state index contributed by atoms with van der Waals surface area (Å²) in [7, 11) is 0. The van der Waals surface area contributed by atoms with Crippen molar-refractivity contribution in [2.24, 2.45) is 11.7 Å². The number of rotatable bonds is 45. The molecule has 0 saturated carbocycles. The van der Waals surface area contributed by atoms with Gasteiger partial charge in [0.1, 0.15) is 18.7 Å². The van der Waals surface area contributed by atoms with Gasteiger partial charge in [-0.05, 0) is 38.5 Å². The van der Waals surface area contributed by atoms with E-state index in [0.717, 1.165) is 42.8 Å². The largest absolute Gasteiger partial charge is 0.481 e. The zero-order valence-corrected chi connectivity index (χ0v) is 40.1. The smallest absolute Gasteiger partial charge is 0.317 e. The van der Waals surface area contributed by atoms with Crippen LogP contribution in [-0.4, -0.2) is 172 Å². The number of carbonyl (C=O) groups is 9. The van der Waals surface area contributed by atoms with Crippen LogP contribution in [0.2, 0.25) is 0 Å². The van der Waals surface area contributed by atoms with E-state index in [-0.39, 0.29) is 57.4 Å². The molecule has 0 aliphatic heterocycles.